The number of carboxylic acids is 1. The van der Waals surface area contributed by atoms with Crippen molar-refractivity contribution in [2.75, 3.05) is 0 Å². The molecule has 0 fully saturated rings. The fourth-order valence-electron chi connectivity index (χ4n) is 2.08. The van der Waals surface area contributed by atoms with Crippen LogP contribution in [0.5, 0.6) is 11.5 Å². The van der Waals surface area contributed by atoms with E-state index in [0.717, 1.165) is 40.7 Å². The first-order valence-corrected chi connectivity index (χ1v) is 6.87. The van der Waals surface area contributed by atoms with Crippen molar-refractivity contribution in [1.29, 1.82) is 0 Å². The molecular formula is C18H18O3. The van der Waals surface area contributed by atoms with Gasteiger partial charge in [0, 0.05) is 6.08 Å². The van der Waals surface area contributed by atoms with Crippen LogP contribution in [0.25, 0.3) is 6.08 Å². The van der Waals surface area contributed by atoms with Crippen molar-refractivity contribution in [1.82, 2.24) is 0 Å². The van der Waals surface area contributed by atoms with Gasteiger partial charge >= 0.3 is 5.97 Å². The van der Waals surface area contributed by atoms with Gasteiger partial charge < -0.3 is 9.84 Å². The summed E-state index contributed by atoms with van der Waals surface area (Å²) in [7, 11) is 0. The molecule has 108 valence electrons. The third kappa shape index (κ3) is 3.96. The van der Waals surface area contributed by atoms with Gasteiger partial charge in [0.25, 0.3) is 0 Å². The molecule has 0 unspecified atom stereocenters. The van der Waals surface area contributed by atoms with Crippen molar-refractivity contribution in [2.24, 2.45) is 0 Å². The van der Waals surface area contributed by atoms with E-state index in [9.17, 15) is 4.79 Å². The normalized spacial score (nSPS) is 10.8. The van der Waals surface area contributed by atoms with E-state index in [1.165, 1.54) is 0 Å². The van der Waals surface area contributed by atoms with Gasteiger partial charge in [-0.1, -0.05) is 31.2 Å². The second kappa shape index (κ2) is 6.75. The summed E-state index contributed by atoms with van der Waals surface area (Å²) in [4.78, 5) is 10.6. The Morgan fingerprint density at radius 1 is 1.24 bits per heavy atom. The summed E-state index contributed by atoms with van der Waals surface area (Å²) < 4.78 is 5.92. The van der Waals surface area contributed by atoms with E-state index in [1.54, 1.807) is 6.08 Å². The standard InChI is InChI=1S/C18H18O3/c1-3-14-6-4-5-7-17(14)21-16-10-8-15(13(2)12-16)9-11-18(19)20/h4-12H,3H2,1-2H3,(H,19,20). The van der Waals surface area contributed by atoms with Crippen LogP contribution in [0.3, 0.4) is 0 Å². The van der Waals surface area contributed by atoms with Crippen LogP contribution in [-0.2, 0) is 11.2 Å². The molecule has 0 radical (unpaired) electrons. The van der Waals surface area contributed by atoms with Gasteiger partial charge in [0.05, 0.1) is 0 Å². The van der Waals surface area contributed by atoms with Crippen molar-refractivity contribution < 1.29 is 14.6 Å². The average molecular weight is 282 g/mol. The molecule has 0 bridgehead atoms. The number of rotatable bonds is 5. The molecule has 2 aromatic rings. The highest BCUT2D eigenvalue weighted by Gasteiger charge is 2.04. The highest BCUT2D eigenvalue weighted by molar-refractivity contribution is 5.85. The van der Waals surface area contributed by atoms with Crippen LogP contribution in [0.15, 0.2) is 48.5 Å². The van der Waals surface area contributed by atoms with Gasteiger partial charge in [0.1, 0.15) is 11.5 Å². The molecule has 0 aliphatic carbocycles. The Bertz CT molecular complexity index is 672. The van der Waals surface area contributed by atoms with E-state index < -0.39 is 5.97 Å². The Labute approximate surface area is 124 Å². The summed E-state index contributed by atoms with van der Waals surface area (Å²) >= 11 is 0. The molecule has 0 atom stereocenters. The first-order chi connectivity index (χ1) is 10.1. The molecule has 0 heterocycles. The summed E-state index contributed by atoms with van der Waals surface area (Å²) in [6.45, 7) is 4.02. The van der Waals surface area contributed by atoms with Crippen LogP contribution >= 0.6 is 0 Å². The Morgan fingerprint density at radius 3 is 2.67 bits per heavy atom. The minimum Gasteiger partial charge on any atom is -0.478 e. The van der Waals surface area contributed by atoms with Crippen LogP contribution < -0.4 is 4.74 Å². The zero-order chi connectivity index (χ0) is 15.2. The Hall–Kier alpha value is -2.55. The zero-order valence-corrected chi connectivity index (χ0v) is 12.2. The Balaban J connectivity index is 2.22. The molecule has 0 amide bonds. The van der Waals surface area contributed by atoms with E-state index in [0.29, 0.717) is 0 Å². The first-order valence-electron chi connectivity index (χ1n) is 6.87. The van der Waals surface area contributed by atoms with E-state index in [1.807, 2.05) is 49.4 Å². The zero-order valence-electron chi connectivity index (χ0n) is 12.2. The molecule has 3 heteroatoms. The molecular weight excluding hydrogens is 264 g/mol. The summed E-state index contributed by atoms with van der Waals surface area (Å²) in [5.41, 5.74) is 3.00. The number of carbonyl (C=O) groups is 1. The number of aryl methyl sites for hydroxylation is 2. The largest absolute Gasteiger partial charge is 0.478 e. The lowest BCUT2D eigenvalue weighted by Gasteiger charge is -2.11. The molecule has 2 aromatic carbocycles. The second-order valence-corrected chi connectivity index (χ2v) is 4.75. The monoisotopic (exact) mass is 282 g/mol. The third-order valence-electron chi connectivity index (χ3n) is 3.23. The molecule has 0 spiro atoms. The van der Waals surface area contributed by atoms with Gasteiger partial charge in [-0.2, -0.15) is 0 Å². The van der Waals surface area contributed by atoms with E-state index in [-0.39, 0.29) is 0 Å². The topological polar surface area (TPSA) is 46.5 Å². The van der Waals surface area contributed by atoms with Crippen molar-refractivity contribution in [3.63, 3.8) is 0 Å². The number of ether oxygens (including phenoxy) is 1. The smallest absolute Gasteiger partial charge is 0.328 e. The lowest BCUT2D eigenvalue weighted by atomic mass is 10.1. The number of carboxylic acid groups (broad SMARTS) is 1. The maximum Gasteiger partial charge on any atom is 0.328 e. The SMILES string of the molecule is CCc1ccccc1Oc1ccc(C=CC(=O)O)c(C)c1. The molecule has 1 N–H and O–H groups in total. The highest BCUT2D eigenvalue weighted by Crippen LogP contribution is 2.27. The molecule has 21 heavy (non-hydrogen) atoms. The van der Waals surface area contributed by atoms with Gasteiger partial charge in [0.15, 0.2) is 0 Å². The molecule has 2 rings (SSSR count). The molecule has 0 aromatic heterocycles. The van der Waals surface area contributed by atoms with Crippen molar-refractivity contribution in [2.45, 2.75) is 20.3 Å². The van der Waals surface area contributed by atoms with Crippen molar-refractivity contribution in [3.05, 3.63) is 65.2 Å². The molecule has 0 saturated carbocycles. The summed E-state index contributed by atoms with van der Waals surface area (Å²) in [5.74, 6) is 0.653. The molecule has 0 aliphatic heterocycles. The minimum atomic E-state index is -0.952. The van der Waals surface area contributed by atoms with Crippen LogP contribution in [0.2, 0.25) is 0 Å². The summed E-state index contributed by atoms with van der Waals surface area (Å²) in [6, 6.07) is 13.6. The van der Waals surface area contributed by atoms with Gasteiger partial charge in [-0.15, -0.1) is 0 Å². The number of hydrogen-bond acceptors (Lipinski definition) is 2. The highest BCUT2D eigenvalue weighted by atomic mass is 16.5. The van der Waals surface area contributed by atoms with Crippen LogP contribution in [0.1, 0.15) is 23.6 Å². The van der Waals surface area contributed by atoms with Gasteiger partial charge in [0.2, 0.25) is 0 Å². The Morgan fingerprint density at radius 2 is 2.00 bits per heavy atom. The Kier molecular flexibility index (Phi) is 4.77. The predicted molar refractivity (Wildman–Crippen MR) is 83.7 cm³/mol. The van der Waals surface area contributed by atoms with Crippen molar-refractivity contribution >= 4 is 12.0 Å². The summed E-state index contributed by atoms with van der Waals surface area (Å²) in [6.07, 6.45) is 3.63. The second-order valence-electron chi connectivity index (χ2n) is 4.75. The minimum absolute atomic E-state index is 0.751. The van der Waals surface area contributed by atoms with E-state index >= 15 is 0 Å². The third-order valence-corrected chi connectivity index (χ3v) is 3.23. The lowest BCUT2D eigenvalue weighted by molar-refractivity contribution is -0.131. The fourth-order valence-corrected chi connectivity index (χ4v) is 2.08. The van der Waals surface area contributed by atoms with Crippen molar-refractivity contribution in [3.8, 4) is 11.5 Å². The van der Waals surface area contributed by atoms with E-state index in [4.69, 9.17) is 9.84 Å². The summed E-state index contributed by atoms with van der Waals surface area (Å²) in [5, 5.41) is 8.66. The average Bonchev–Trinajstić information content (AvgIpc) is 2.47. The molecule has 0 saturated heterocycles. The number of aliphatic carboxylic acids is 1. The predicted octanol–water partition coefficient (Wildman–Crippen LogP) is 4.45. The van der Waals surface area contributed by atoms with Gasteiger partial charge in [-0.25, -0.2) is 4.79 Å². The maximum atomic E-state index is 10.6. The lowest BCUT2D eigenvalue weighted by Crippen LogP contribution is -1.92. The number of hydrogen-bond donors (Lipinski definition) is 1. The number of para-hydroxylation sites is 1. The van der Waals surface area contributed by atoms with Crippen LogP contribution in [0, 0.1) is 6.92 Å². The molecule has 0 aliphatic rings. The van der Waals surface area contributed by atoms with E-state index in [2.05, 4.69) is 6.92 Å². The van der Waals surface area contributed by atoms with Gasteiger partial charge in [-0.05, 0) is 54.3 Å². The van der Waals surface area contributed by atoms with Gasteiger partial charge in [-0.3, -0.25) is 0 Å². The van der Waals surface area contributed by atoms with Crippen LogP contribution in [-0.4, -0.2) is 11.1 Å². The number of benzene rings is 2. The molecule has 3 nitrogen and oxygen atoms in total. The quantitative estimate of drug-likeness (QED) is 0.824. The fraction of sp³-hybridized carbons (Fsp3) is 0.167. The first kappa shape index (κ1) is 14.9. The van der Waals surface area contributed by atoms with Crippen LogP contribution in [0.4, 0.5) is 0 Å². The maximum absolute atomic E-state index is 10.6.